The van der Waals surface area contributed by atoms with E-state index in [0.717, 1.165) is 50.5 Å². The molecular weight excluding hydrogens is 338 g/mol. The normalized spacial score (nSPS) is 23.0. The molecule has 3 rings (SSSR count). The Morgan fingerprint density at radius 1 is 1.16 bits per heavy atom. The molecule has 2 aliphatic heterocycles. The van der Waals surface area contributed by atoms with E-state index in [2.05, 4.69) is 16.3 Å². The van der Waals surface area contributed by atoms with E-state index >= 15 is 0 Å². The summed E-state index contributed by atoms with van der Waals surface area (Å²) >= 11 is 0. The minimum absolute atomic E-state index is 0.0914. The zero-order chi connectivity index (χ0) is 17.9. The molecule has 0 aromatic heterocycles. The second-order valence-corrected chi connectivity index (χ2v) is 9.53. The first kappa shape index (κ1) is 18.5. The van der Waals surface area contributed by atoms with Gasteiger partial charge >= 0.3 is 0 Å². The van der Waals surface area contributed by atoms with Gasteiger partial charge in [-0.25, -0.2) is 8.42 Å². The molecule has 2 fully saturated rings. The van der Waals surface area contributed by atoms with Gasteiger partial charge in [0.2, 0.25) is 10.0 Å². The van der Waals surface area contributed by atoms with Crippen LogP contribution in [0.25, 0.3) is 0 Å². The largest absolute Gasteiger partial charge is 0.487 e. The number of nitrogens with one attached hydrogen (secondary N) is 1. The lowest BCUT2D eigenvalue weighted by Gasteiger charge is -2.35. The highest BCUT2D eigenvalue weighted by Gasteiger charge is 2.32. The predicted octanol–water partition coefficient (Wildman–Crippen LogP) is 1.68. The molecule has 1 N–H and O–H groups in total. The molecule has 0 saturated carbocycles. The van der Waals surface area contributed by atoms with Crippen LogP contribution >= 0.6 is 0 Å². The number of para-hydroxylation sites is 2. The maximum Gasteiger partial charge on any atom is 0.216 e. The van der Waals surface area contributed by atoms with Gasteiger partial charge in [0.15, 0.2) is 0 Å². The van der Waals surface area contributed by atoms with Crippen molar-refractivity contribution in [2.45, 2.75) is 38.0 Å². The van der Waals surface area contributed by atoms with Crippen molar-refractivity contribution in [3.8, 4) is 5.75 Å². The topological polar surface area (TPSA) is 61.9 Å². The molecule has 1 aromatic carbocycles. The maximum absolute atomic E-state index is 12.5. The number of piperidine rings is 1. The molecule has 0 spiro atoms. The third kappa shape index (κ3) is 4.27. The molecule has 2 aliphatic rings. The first-order valence-electron chi connectivity index (χ1n) is 9.19. The molecule has 0 aliphatic carbocycles. The lowest BCUT2D eigenvalue weighted by atomic mass is 10.1. The highest BCUT2D eigenvalue weighted by Crippen LogP contribution is 2.31. The van der Waals surface area contributed by atoms with Crippen LogP contribution in [0.5, 0.6) is 5.75 Å². The molecular formula is C18H29N3O3S. The molecule has 0 radical (unpaired) electrons. The van der Waals surface area contributed by atoms with Gasteiger partial charge in [-0.1, -0.05) is 12.1 Å². The number of rotatable bonds is 5. The molecule has 0 unspecified atom stereocenters. The van der Waals surface area contributed by atoms with Gasteiger partial charge in [0.05, 0.1) is 17.5 Å². The number of piperazine rings is 1. The molecule has 2 heterocycles. The minimum atomic E-state index is -3.22. The van der Waals surface area contributed by atoms with Gasteiger partial charge < -0.3 is 15.0 Å². The van der Waals surface area contributed by atoms with Crippen molar-refractivity contribution < 1.29 is 13.2 Å². The Bertz CT molecular complexity index is 672. The minimum Gasteiger partial charge on any atom is -0.487 e. The molecule has 7 heteroatoms. The SMILES string of the molecule is CC(C)S(=O)(=O)N1CCC[C@H](Oc2ccccc2N2CCNCC2)C1. The Morgan fingerprint density at radius 2 is 1.88 bits per heavy atom. The van der Waals surface area contributed by atoms with Crippen LogP contribution in [-0.4, -0.2) is 63.3 Å². The second-order valence-electron chi connectivity index (χ2n) is 7.04. The van der Waals surface area contributed by atoms with Crippen molar-refractivity contribution in [1.82, 2.24) is 9.62 Å². The van der Waals surface area contributed by atoms with Gasteiger partial charge in [0.25, 0.3) is 0 Å². The third-order valence-corrected chi connectivity index (χ3v) is 7.16. The van der Waals surface area contributed by atoms with E-state index in [1.807, 2.05) is 18.2 Å². The quantitative estimate of drug-likeness (QED) is 0.858. The zero-order valence-electron chi connectivity index (χ0n) is 15.1. The fraction of sp³-hybridized carbons (Fsp3) is 0.667. The second kappa shape index (κ2) is 7.93. The number of nitrogens with zero attached hydrogens (tertiary/aromatic N) is 2. The van der Waals surface area contributed by atoms with E-state index in [-0.39, 0.29) is 11.4 Å². The Morgan fingerprint density at radius 3 is 2.60 bits per heavy atom. The van der Waals surface area contributed by atoms with E-state index in [4.69, 9.17) is 4.74 Å². The predicted molar refractivity (Wildman–Crippen MR) is 101 cm³/mol. The number of ether oxygens (including phenoxy) is 1. The molecule has 0 bridgehead atoms. The fourth-order valence-corrected chi connectivity index (χ4v) is 4.79. The van der Waals surface area contributed by atoms with Crippen LogP contribution in [0.3, 0.4) is 0 Å². The van der Waals surface area contributed by atoms with Crippen molar-refractivity contribution in [2.24, 2.45) is 0 Å². The fourth-order valence-electron chi connectivity index (χ4n) is 3.43. The monoisotopic (exact) mass is 367 g/mol. The van der Waals surface area contributed by atoms with Crippen molar-refractivity contribution in [2.75, 3.05) is 44.2 Å². The molecule has 0 amide bonds. The Hall–Kier alpha value is -1.31. The maximum atomic E-state index is 12.5. The summed E-state index contributed by atoms with van der Waals surface area (Å²) in [5, 5.41) is 2.97. The summed E-state index contributed by atoms with van der Waals surface area (Å²) in [7, 11) is -3.22. The smallest absolute Gasteiger partial charge is 0.216 e. The number of hydrogen-bond donors (Lipinski definition) is 1. The summed E-state index contributed by atoms with van der Waals surface area (Å²) in [5.74, 6) is 0.859. The van der Waals surface area contributed by atoms with Crippen LogP contribution in [0.2, 0.25) is 0 Å². The molecule has 6 nitrogen and oxygen atoms in total. The average molecular weight is 368 g/mol. The van der Waals surface area contributed by atoms with E-state index < -0.39 is 10.0 Å². The molecule has 1 atom stereocenters. The number of benzene rings is 1. The zero-order valence-corrected chi connectivity index (χ0v) is 16.0. The van der Waals surface area contributed by atoms with Gasteiger partial charge in [-0.05, 0) is 38.8 Å². The van der Waals surface area contributed by atoms with Gasteiger partial charge in [-0.2, -0.15) is 4.31 Å². The van der Waals surface area contributed by atoms with Gasteiger partial charge in [0.1, 0.15) is 11.9 Å². The highest BCUT2D eigenvalue weighted by molar-refractivity contribution is 7.89. The molecule has 140 valence electrons. The van der Waals surface area contributed by atoms with Crippen molar-refractivity contribution in [1.29, 1.82) is 0 Å². The Balaban J connectivity index is 1.72. The van der Waals surface area contributed by atoms with Crippen LogP contribution in [0.15, 0.2) is 24.3 Å². The first-order chi connectivity index (χ1) is 12.0. The van der Waals surface area contributed by atoms with Crippen molar-refractivity contribution in [3.63, 3.8) is 0 Å². The summed E-state index contributed by atoms with van der Waals surface area (Å²) in [6.45, 7) is 8.36. The summed E-state index contributed by atoms with van der Waals surface area (Å²) in [4.78, 5) is 2.33. The number of sulfonamides is 1. The lowest BCUT2D eigenvalue weighted by molar-refractivity contribution is 0.129. The van der Waals surface area contributed by atoms with Crippen molar-refractivity contribution >= 4 is 15.7 Å². The first-order valence-corrected chi connectivity index (χ1v) is 10.7. The highest BCUT2D eigenvalue weighted by atomic mass is 32.2. The van der Waals surface area contributed by atoms with Crippen LogP contribution < -0.4 is 15.0 Å². The van der Waals surface area contributed by atoms with E-state index in [1.54, 1.807) is 18.2 Å². The Kier molecular flexibility index (Phi) is 5.86. The van der Waals surface area contributed by atoms with E-state index in [9.17, 15) is 8.42 Å². The van der Waals surface area contributed by atoms with Gasteiger partial charge in [-0.3, -0.25) is 0 Å². The molecule has 1 aromatic rings. The van der Waals surface area contributed by atoms with E-state index in [1.165, 1.54) is 0 Å². The standard InChI is InChI=1S/C18H29N3O3S/c1-15(2)25(22,23)21-11-5-6-16(14-21)24-18-8-4-3-7-17(18)20-12-9-19-10-13-20/h3-4,7-8,15-16,19H,5-6,9-14H2,1-2H3/t16-/m0/s1. The summed E-state index contributed by atoms with van der Waals surface area (Å²) < 4.78 is 32.8. The van der Waals surface area contributed by atoms with Gasteiger partial charge in [-0.15, -0.1) is 0 Å². The van der Waals surface area contributed by atoms with Gasteiger partial charge in [0, 0.05) is 32.7 Å². The third-order valence-electron chi connectivity index (χ3n) is 4.91. The molecule has 2 saturated heterocycles. The van der Waals surface area contributed by atoms with Crippen LogP contribution in [-0.2, 0) is 10.0 Å². The number of hydrogen-bond acceptors (Lipinski definition) is 5. The van der Waals surface area contributed by atoms with Crippen molar-refractivity contribution in [3.05, 3.63) is 24.3 Å². The number of anilines is 1. The van der Waals surface area contributed by atoms with E-state index in [0.29, 0.717) is 13.1 Å². The summed E-state index contributed by atoms with van der Waals surface area (Å²) in [6, 6.07) is 8.09. The van der Waals surface area contributed by atoms with Crippen LogP contribution in [0, 0.1) is 0 Å². The van der Waals surface area contributed by atoms with Crippen LogP contribution in [0.1, 0.15) is 26.7 Å². The lowest BCUT2D eigenvalue weighted by Crippen LogP contribution is -2.47. The summed E-state index contributed by atoms with van der Waals surface area (Å²) in [6.07, 6.45) is 1.64. The summed E-state index contributed by atoms with van der Waals surface area (Å²) in [5.41, 5.74) is 1.10. The van der Waals surface area contributed by atoms with Crippen LogP contribution in [0.4, 0.5) is 5.69 Å². The Labute approximate surface area is 151 Å². The molecule has 25 heavy (non-hydrogen) atoms. The average Bonchev–Trinajstić information content (AvgIpc) is 2.63.